The number of anilines is 1. The van der Waals surface area contributed by atoms with Crippen LogP contribution in [0.2, 0.25) is 0 Å². The summed E-state index contributed by atoms with van der Waals surface area (Å²) in [5.74, 6) is 0.644. The van der Waals surface area contributed by atoms with Crippen molar-refractivity contribution in [2.24, 2.45) is 5.92 Å². The number of amides is 2. The molecule has 4 heteroatoms. The Morgan fingerprint density at radius 2 is 1.90 bits per heavy atom. The summed E-state index contributed by atoms with van der Waals surface area (Å²) < 4.78 is 5.27. The second kappa shape index (κ2) is 7.29. The van der Waals surface area contributed by atoms with E-state index < -0.39 is 0 Å². The van der Waals surface area contributed by atoms with Gasteiger partial charge in [0.15, 0.2) is 0 Å². The third-order valence-electron chi connectivity index (χ3n) is 3.41. The fourth-order valence-electron chi connectivity index (χ4n) is 2.39. The van der Waals surface area contributed by atoms with Gasteiger partial charge in [-0.2, -0.15) is 0 Å². The van der Waals surface area contributed by atoms with Crippen LogP contribution >= 0.6 is 0 Å². The van der Waals surface area contributed by atoms with Gasteiger partial charge >= 0.3 is 6.03 Å². The number of benzene rings is 1. The molecule has 0 unspecified atom stereocenters. The summed E-state index contributed by atoms with van der Waals surface area (Å²) in [6.07, 6.45) is 2.84. The monoisotopic (exact) mass is 276 g/mol. The van der Waals surface area contributed by atoms with Crippen LogP contribution in [0.15, 0.2) is 24.3 Å². The molecule has 2 amide bonds. The smallest absolute Gasteiger partial charge is 0.319 e. The van der Waals surface area contributed by atoms with Crippen molar-refractivity contribution in [2.45, 2.75) is 39.2 Å². The van der Waals surface area contributed by atoms with Crippen molar-refractivity contribution in [3.63, 3.8) is 0 Å². The number of ether oxygens (including phenoxy) is 1. The van der Waals surface area contributed by atoms with Crippen molar-refractivity contribution in [3.05, 3.63) is 29.8 Å². The molecule has 1 fully saturated rings. The number of hydrogen-bond donors (Lipinski definition) is 2. The highest BCUT2D eigenvalue weighted by Gasteiger charge is 2.15. The molecule has 1 aliphatic rings. The number of carbonyl (C=O) groups excluding carboxylic acids is 1. The van der Waals surface area contributed by atoms with E-state index in [9.17, 15) is 4.79 Å². The summed E-state index contributed by atoms with van der Waals surface area (Å²) in [5, 5.41) is 5.86. The molecule has 2 rings (SSSR count). The van der Waals surface area contributed by atoms with E-state index >= 15 is 0 Å². The van der Waals surface area contributed by atoms with Crippen molar-refractivity contribution < 1.29 is 9.53 Å². The fraction of sp³-hybridized carbons (Fsp3) is 0.562. The van der Waals surface area contributed by atoms with Crippen molar-refractivity contribution in [1.82, 2.24) is 5.32 Å². The van der Waals surface area contributed by atoms with Gasteiger partial charge in [0.1, 0.15) is 0 Å². The SMILES string of the molecule is CC(C)Cc1ccc(NC(=O)NC2CCOCC2)cc1. The predicted molar refractivity (Wildman–Crippen MR) is 81.0 cm³/mol. The lowest BCUT2D eigenvalue weighted by atomic mass is 10.0. The Balaban J connectivity index is 1.81. The Bertz CT molecular complexity index is 423. The van der Waals surface area contributed by atoms with E-state index in [2.05, 4.69) is 36.6 Å². The number of nitrogens with one attached hydrogen (secondary N) is 2. The van der Waals surface area contributed by atoms with Crippen molar-refractivity contribution in [1.29, 1.82) is 0 Å². The highest BCUT2D eigenvalue weighted by Crippen LogP contribution is 2.13. The first kappa shape index (κ1) is 14.9. The molecule has 0 saturated carbocycles. The highest BCUT2D eigenvalue weighted by atomic mass is 16.5. The highest BCUT2D eigenvalue weighted by molar-refractivity contribution is 5.89. The van der Waals surface area contributed by atoms with Crippen molar-refractivity contribution >= 4 is 11.7 Å². The van der Waals surface area contributed by atoms with Gasteiger partial charge in [-0.05, 0) is 42.9 Å². The lowest BCUT2D eigenvalue weighted by Crippen LogP contribution is -2.41. The molecular formula is C16H24N2O2. The normalized spacial score (nSPS) is 16.1. The minimum Gasteiger partial charge on any atom is -0.381 e. The molecular weight excluding hydrogens is 252 g/mol. The third-order valence-corrected chi connectivity index (χ3v) is 3.41. The van der Waals surface area contributed by atoms with Crippen LogP contribution in [0.5, 0.6) is 0 Å². The summed E-state index contributed by atoms with van der Waals surface area (Å²) in [6, 6.07) is 8.16. The van der Waals surface area contributed by atoms with Crippen molar-refractivity contribution in [2.75, 3.05) is 18.5 Å². The molecule has 0 spiro atoms. The molecule has 2 N–H and O–H groups in total. The van der Waals surface area contributed by atoms with Gasteiger partial charge in [0, 0.05) is 24.9 Å². The van der Waals surface area contributed by atoms with E-state index in [-0.39, 0.29) is 12.1 Å². The van der Waals surface area contributed by atoms with E-state index in [1.165, 1.54) is 5.56 Å². The van der Waals surface area contributed by atoms with Crippen LogP contribution in [-0.4, -0.2) is 25.3 Å². The van der Waals surface area contributed by atoms with E-state index in [0.717, 1.165) is 38.2 Å². The zero-order valence-corrected chi connectivity index (χ0v) is 12.3. The first-order valence-electron chi connectivity index (χ1n) is 7.37. The fourth-order valence-corrected chi connectivity index (χ4v) is 2.39. The molecule has 4 nitrogen and oxygen atoms in total. The minimum absolute atomic E-state index is 0.131. The third kappa shape index (κ3) is 4.85. The Hall–Kier alpha value is -1.55. The molecule has 1 aromatic rings. The molecule has 0 radical (unpaired) electrons. The van der Waals surface area contributed by atoms with Crippen LogP contribution in [0, 0.1) is 5.92 Å². The molecule has 0 aliphatic carbocycles. The average molecular weight is 276 g/mol. The maximum atomic E-state index is 11.9. The molecule has 1 aromatic carbocycles. The topological polar surface area (TPSA) is 50.4 Å². The maximum Gasteiger partial charge on any atom is 0.319 e. The van der Waals surface area contributed by atoms with Crippen LogP contribution < -0.4 is 10.6 Å². The van der Waals surface area contributed by atoms with E-state index in [4.69, 9.17) is 4.74 Å². The Kier molecular flexibility index (Phi) is 5.41. The van der Waals surface area contributed by atoms with Gasteiger partial charge in [-0.3, -0.25) is 0 Å². The second-order valence-corrected chi connectivity index (χ2v) is 5.78. The molecule has 1 aliphatic heterocycles. The standard InChI is InChI=1S/C16H24N2O2/c1-12(2)11-13-3-5-14(6-4-13)17-16(19)18-15-7-9-20-10-8-15/h3-6,12,15H,7-11H2,1-2H3,(H2,17,18,19). The van der Waals surface area contributed by atoms with Crippen LogP contribution in [0.1, 0.15) is 32.3 Å². The molecule has 1 heterocycles. The summed E-state index contributed by atoms with van der Waals surface area (Å²) >= 11 is 0. The summed E-state index contributed by atoms with van der Waals surface area (Å²) in [5.41, 5.74) is 2.14. The van der Waals surface area contributed by atoms with Gasteiger partial charge in [0.2, 0.25) is 0 Å². The first-order chi connectivity index (χ1) is 9.63. The number of carbonyl (C=O) groups is 1. The minimum atomic E-state index is -0.131. The van der Waals surface area contributed by atoms with E-state index in [1.807, 2.05) is 12.1 Å². The molecule has 0 bridgehead atoms. The largest absolute Gasteiger partial charge is 0.381 e. The Morgan fingerprint density at radius 1 is 1.25 bits per heavy atom. The van der Waals surface area contributed by atoms with Gasteiger partial charge < -0.3 is 15.4 Å². The number of hydrogen-bond acceptors (Lipinski definition) is 2. The lowest BCUT2D eigenvalue weighted by molar-refractivity contribution is 0.0806. The lowest BCUT2D eigenvalue weighted by Gasteiger charge is -2.23. The van der Waals surface area contributed by atoms with Crippen LogP contribution in [0.25, 0.3) is 0 Å². The van der Waals surface area contributed by atoms with Crippen LogP contribution in [0.4, 0.5) is 10.5 Å². The predicted octanol–water partition coefficient (Wildman–Crippen LogP) is 3.19. The van der Waals surface area contributed by atoms with E-state index in [1.54, 1.807) is 0 Å². The zero-order chi connectivity index (χ0) is 14.4. The first-order valence-corrected chi connectivity index (χ1v) is 7.37. The summed E-state index contributed by atoms with van der Waals surface area (Å²) in [6.45, 7) is 5.87. The van der Waals surface area contributed by atoms with Gasteiger partial charge in [0.05, 0.1) is 0 Å². The van der Waals surface area contributed by atoms with E-state index in [0.29, 0.717) is 5.92 Å². The van der Waals surface area contributed by atoms with Gasteiger partial charge in [-0.1, -0.05) is 26.0 Å². The quantitative estimate of drug-likeness (QED) is 0.887. The van der Waals surface area contributed by atoms with Gasteiger partial charge in [0.25, 0.3) is 0 Å². The Labute approximate surface area is 120 Å². The number of rotatable bonds is 4. The molecule has 1 saturated heterocycles. The molecule has 0 aromatic heterocycles. The zero-order valence-electron chi connectivity index (χ0n) is 12.3. The maximum absolute atomic E-state index is 11.9. The average Bonchev–Trinajstić information content (AvgIpc) is 2.41. The second-order valence-electron chi connectivity index (χ2n) is 5.78. The summed E-state index contributed by atoms with van der Waals surface area (Å²) in [7, 11) is 0. The van der Waals surface area contributed by atoms with Crippen LogP contribution in [0.3, 0.4) is 0 Å². The molecule has 20 heavy (non-hydrogen) atoms. The van der Waals surface area contributed by atoms with Crippen molar-refractivity contribution in [3.8, 4) is 0 Å². The number of urea groups is 1. The molecule has 0 atom stereocenters. The Morgan fingerprint density at radius 3 is 2.50 bits per heavy atom. The molecule has 110 valence electrons. The van der Waals surface area contributed by atoms with Gasteiger partial charge in [-0.25, -0.2) is 4.79 Å². The van der Waals surface area contributed by atoms with Crippen LogP contribution in [-0.2, 0) is 11.2 Å². The summed E-state index contributed by atoms with van der Waals surface area (Å²) in [4.78, 5) is 11.9. The van der Waals surface area contributed by atoms with Gasteiger partial charge in [-0.15, -0.1) is 0 Å².